The third-order valence-electron chi connectivity index (χ3n) is 3.13. The molecule has 0 heterocycles. The number of phenolic OH excluding ortho intramolecular Hbond substituents is 1. The van der Waals surface area contributed by atoms with E-state index in [0.717, 1.165) is 12.0 Å². The van der Waals surface area contributed by atoms with E-state index < -0.39 is 5.54 Å². The highest BCUT2D eigenvalue weighted by Gasteiger charge is 2.32. The van der Waals surface area contributed by atoms with Gasteiger partial charge in [0.2, 0.25) is 0 Å². The summed E-state index contributed by atoms with van der Waals surface area (Å²) in [7, 11) is 1.76. The Morgan fingerprint density at radius 3 is 2.50 bits per heavy atom. The second-order valence-electron chi connectivity index (χ2n) is 4.47. The number of hydrogen-bond acceptors (Lipinski definition) is 4. The van der Waals surface area contributed by atoms with Crippen molar-refractivity contribution in [2.24, 2.45) is 0 Å². The Morgan fingerprint density at radius 1 is 1.39 bits per heavy atom. The fourth-order valence-electron chi connectivity index (χ4n) is 1.68. The van der Waals surface area contributed by atoms with Gasteiger partial charge in [-0.05, 0) is 51.4 Å². The number of aryl methyl sites for hydroxylation is 1. The first kappa shape index (κ1) is 14.5. The standard InChI is InChI=1S/C14H21NO3/c1-4-18-13(17)14(2,15-3)10-9-11-5-7-12(16)8-6-11/h5-8,15-16H,4,9-10H2,1-3H3. The maximum absolute atomic E-state index is 11.8. The molecule has 1 atom stereocenters. The molecule has 0 amide bonds. The van der Waals surface area contributed by atoms with E-state index in [9.17, 15) is 9.90 Å². The number of hydrogen-bond donors (Lipinski definition) is 2. The summed E-state index contributed by atoms with van der Waals surface area (Å²) < 4.78 is 5.06. The van der Waals surface area contributed by atoms with Crippen LogP contribution in [0.4, 0.5) is 0 Å². The molecule has 0 saturated heterocycles. The SMILES string of the molecule is CCOC(=O)C(C)(CCc1ccc(O)cc1)NC. The van der Waals surface area contributed by atoms with Gasteiger partial charge in [-0.1, -0.05) is 12.1 Å². The molecule has 1 aromatic rings. The number of nitrogens with one attached hydrogen (secondary N) is 1. The van der Waals surface area contributed by atoms with Gasteiger partial charge in [0.05, 0.1) is 6.61 Å². The minimum absolute atomic E-state index is 0.230. The molecule has 0 radical (unpaired) electrons. The van der Waals surface area contributed by atoms with Crippen molar-refractivity contribution in [3.05, 3.63) is 29.8 Å². The number of ether oxygens (including phenoxy) is 1. The van der Waals surface area contributed by atoms with Gasteiger partial charge in [-0.2, -0.15) is 0 Å². The molecule has 100 valence electrons. The van der Waals surface area contributed by atoms with Crippen LogP contribution in [-0.2, 0) is 16.0 Å². The normalized spacial score (nSPS) is 13.9. The van der Waals surface area contributed by atoms with Crippen LogP contribution in [0.3, 0.4) is 0 Å². The zero-order valence-corrected chi connectivity index (χ0v) is 11.2. The molecule has 0 saturated carbocycles. The molecule has 1 unspecified atom stereocenters. The van der Waals surface area contributed by atoms with Crippen LogP contribution in [0.5, 0.6) is 5.75 Å². The predicted octanol–water partition coefficient (Wildman–Crippen LogP) is 1.87. The molecule has 0 fully saturated rings. The van der Waals surface area contributed by atoms with Crippen LogP contribution in [0.15, 0.2) is 24.3 Å². The maximum atomic E-state index is 11.8. The Bertz CT molecular complexity index is 389. The monoisotopic (exact) mass is 251 g/mol. The highest BCUT2D eigenvalue weighted by Crippen LogP contribution is 2.17. The van der Waals surface area contributed by atoms with E-state index in [-0.39, 0.29) is 11.7 Å². The number of benzene rings is 1. The minimum atomic E-state index is -0.673. The summed E-state index contributed by atoms with van der Waals surface area (Å²) in [6, 6.07) is 7.01. The summed E-state index contributed by atoms with van der Waals surface area (Å²) in [4.78, 5) is 11.8. The fourth-order valence-corrected chi connectivity index (χ4v) is 1.68. The van der Waals surface area contributed by atoms with Crippen LogP contribution >= 0.6 is 0 Å². The fraction of sp³-hybridized carbons (Fsp3) is 0.500. The molecule has 18 heavy (non-hydrogen) atoms. The van der Waals surface area contributed by atoms with Crippen LogP contribution < -0.4 is 5.32 Å². The predicted molar refractivity (Wildman–Crippen MR) is 70.5 cm³/mol. The molecule has 0 spiro atoms. The van der Waals surface area contributed by atoms with Crippen molar-refractivity contribution in [3.63, 3.8) is 0 Å². The lowest BCUT2D eigenvalue weighted by molar-refractivity contribution is -0.150. The van der Waals surface area contributed by atoms with E-state index in [2.05, 4.69) is 5.32 Å². The number of aromatic hydroxyl groups is 1. The molecule has 0 aliphatic rings. The summed E-state index contributed by atoms with van der Waals surface area (Å²) in [5, 5.41) is 12.2. The van der Waals surface area contributed by atoms with E-state index in [1.165, 1.54) is 0 Å². The van der Waals surface area contributed by atoms with Gasteiger partial charge >= 0.3 is 5.97 Å². The van der Waals surface area contributed by atoms with Crippen molar-refractivity contribution in [3.8, 4) is 5.75 Å². The molecular weight excluding hydrogens is 230 g/mol. The lowest BCUT2D eigenvalue weighted by atomic mass is 9.93. The van der Waals surface area contributed by atoms with Crippen molar-refractivity contribution in [2.45, 2.75) is 32.2 Å². The lowest BCUT2D eigenvalue weighted by Crippen LogP contribution is -2.49. The van der Waals surface area contributed by atoms with Crippen molar-refractivity contribution in [1.82, 2.24) is 5.32 Å². The topological polar surface area (TPSA) is 58.6 Å². The molecule has 1 aromatic carbocycles. The minimum Gasteiger partial charge on any atom is -0.508 e. The van der Waals surface area contributed by atoms with Gasteiger partial charge in [0.1, 0.15) is 11.3 Å². The number of phenols is 1. The van der Waals surface area contributed by atoms with Gasteiger partial charge in [0, 0.05) is 0 Å². The second kappa shape index (κ2) is 6.40. The molecule has 0 aliphatic carbocycles. The molecule has 0 aromatic heterocycles. The second-order valence-corrected chi connectivity index (χ2v) is 4.47. The summed E-state index contributed by atoms with van der Waals surface area (Å²) in [6.07, 6.45) is 1.39. The molecule has 0 bridgehead atoms. The van der Waals surface area contributed by atoms with Gasteiger partial charge in [-0.3, -0.25) is 4.79 Å². The van der Waals surface area contributed by atoms with E-state index in [0.29, 0.717) is 13.0 Å². The third kappa shape index (κ3) is 3.74. The molecule has 4 nitrogen and oxygen atoms in total. The largest absolute Gasteiger partial charge is 0.508 e. The highest BCUT2D eigenvalue weighted by atomic mass is 16.5. The number of likely N-dealkylation sites (N-methyl/N-ethyl adjacent to an activating group) is 1. The quantitative estimate of drug-likeness (QED) is 0.758. The first-order chi connectivity index (χ1) is 8.51. The zero-order chi connectivity index (χ0) is 13.6. The Hall–Kier alpha value is -1.55. The van der Waals surface area contributed by atoms with Crippen molar-refractivity contribution >= 4 is 5.97 Å². The van der Waals surface area contributed by atoms with Gasteiger partial charge in [-0.15, -0.1) is 0 Å². The molecule has 1 rings (SSSR count). The maximum Gasteiger partial charge on any atom is 0.326 e. The van der Waals surface area contributed by atoms with E-state index in [1.54, 1.807) is 26.1 Å². The first-order valence-corrected chi connectivity index (χ1v) is 6.16. The lowest BCUT2D eigenvalue weighted by Gasteiger charge is -2.26. The summed E-state index contributed by atoms with van der Waals surface area (Å²) in [5.41, 5.74) is 0.409. The van der Waals surface area contributed by atoms with Crippen molar-refractivity contribution in [1.29, 1.82) is 0 Å². The third-order valence-corrected chi connectivity index (χ3v) is 3.13. The number of esters is 1. The molecule has 4 heteroatoms. The summed E-state index contributed by atoms with van der Waals surface area (Å²) in [6.45, 7) is 4.02. The van der Waals surface area contributed by atoms with Crippen LogP contribution in [0.1, 0.15) is 25.8 Å². The summed E-state index contributed by atoms with van der Waals surface area (Å²) >= 11 is 0. The van der Waals surface area contributed by atoms with E-state index in [1.807, 2.05) is 19.1 Å². The van der Waals surface area contributed by atoms with Crippen LogP contribution in [0.25, 0.3) is 0 Å². The smallest absolute Gasteiger partial charge is 0.326 e. The summed E-state index contributed by atoms with van der Waals surface area (Å²) in [5.74, 6) is 0.0202. The zero-order valence-electron chi connectivity index (χ0n) is 11.2. The number of carbonyl (C=O) groups excluding carboxylic acids is 1. The van der Waals surface area contributed by atoms with Crippen molar-refractivity contribution in [2.75, 3.05) is 13.7 Å². The van der Waals surface area contributed by atoms with Crippen LogP contribution in [0.2, 0.25) is 0 Å². The van der Waals surface area contributed by atoms with Gasteiger partial charge in [0.25, 0.3) is 0 Å². The van der Waals surface area contributed by atoms with Gasteiger partial charge in [-0.25, -0.2) is 0 Å². The Labute approximate surface area is 108 Å². The molecular formula is C14H21NO3. The Balaban J connectivity index is 2.63. The van der Waals surface area contributed by atoms with Gasteiger partial charge in [0.15, 0.2) is 0 Å². The van der Waals surface area contributed by atoms with E-state index in [4.69, 9.17) is 4.74 Å². The first-order valence-electron chi connectivity index (χ1n) is 6.16. The average molecular weight is 251 g/mol. The molecule has 0 aliphatic heterocycles. The average Bonchev–Trinajstić information content (AvgIpc) is 2.38. The highest BCUT2D eigenvalue weighted by molar-refractivity contribution is 5.80. The number of rotatable bonds is 6. The molecule has 2 N–H and O–H groups in total. The van der Waals surface area contributed by atoms with Crippen LogP contribution in [0, 0.1) is 0 Å². The van der Waals surface area contributed by atoms with Crippen LogP contribution in [-0.4, -0.2) is 30.3 Å². The van der Waals surface area contributed by atoms with Crippen molar-refractivity contribution < 1.29 is 14.6 Å². The Kier molecular flexibility index (Phi) is 5.16. The Morgan fingerprint density at radius 2 is 2.00 bits per heavy atom. The van der Waals surface area contributed by atoms with E-state index >= 15 is 0 Å². The number of carbonyl (C=O) groups is 1. The van der Waals surface area contributed by atoms with Gasteiger partial charge < -0.3 is 15.2 Å².